The zero-order valence-corrected chi connectivity index (χ0v) is 16.0. The number of para-hydroxylation sites is 1. The second-order valence-electron chi connectivity index (χ2n) is 7.75. The Morgan fingerprint density at radius 2 is 1.63 bits per heavy atom. The smallest absolute Gasteiger partial charge is 0.272 e. The summed E-state index contributed by atoms with van der Waals surface area (Å²) in [5.74, 6) is 0.636. The van der Waals surface area contributed by atoms with E-state index in [0.717, 1.165) is 24.2 Å². The molecule has 1 aromatic heterocycles. The van der Waals surface area contributed by atoms with Crippen molar-refractivity contribution in [1.82, 2.24) is 19.6 Å². The van der Waals surface area contributed by atoms with Crippen molar-refractivity contribution in [2.45, 2.75) is 32.6 Å². The van der Waals surface area contributed by atoms with E-state index in [4.69, 9.17) is 5.10 Å². The van der Waals surface area contributed by atoms with Gasteiger partial charge in [0.05, 0.1) is 11.4 Å². The van der Waals surface area contributed by atoms with Gasteiger partial charge in [-0.05, 0) is 31.0 Å². The molecule has 27 heavy (non-hydrogen) atoms. The summed E-state index contributed by atoms with van der Waals surface area (Å²) >= 11 is 0. The summed E-state index contributed by atoms with van der Waals surface area (Å²) in [6, 6.07) is 11.8. The molecule has 1 aliphatic carbocycles. The van der Waals surface area contributed by atoms with E-state index < -0.39 is 0 Å². The third-order valence-electron chi connectivity index (χ3n) is 5.32. The Labute approximate surface area is 159 Å². The molecule has 142 valence electrons. The number of hydrogen-bond donors (Lipinski definition) is 0. The van der Waals surface area contributed by atoms with Crippen LogP contribution in [0.5, 0.6) is 0 Å². The molecule has 0 unspecified atom stereocenters. The average molecular weight is 366 g/mol. The van der Waals surface area contributed by atoms with E-state index in [9.17, 15) is 9.59 Å². The van der Waals surface area contributed by atoms with E-state index in [0.29, 0.717) is 37.8 Å². The highest BCUT2D eigenvalue weighted by atomic mass is 16.2. The van der Waals surface area contributed by atoms with Gasteiger partial charge in [0.25, 0.3) is 5.91 Å². The summed E-state index contributed by atoms with van der Waals surface area (Å²) in [5.41, 5.74) is 2.53. The fourth-order valence-corrected chi connectivity index (χ4v) is 3.55. The lowest BCUT2D eigenvalue weighted by atomic mass is 10.1. The molecule has 2 heterocycles. The summed E-state index contributed by atoms with van der Waals surface area (Å²) in [6.45, 7) is 6.15. The molecule has 0 radical (unpaired) electrons. The van der Waals surface area contributed by atoms with Crippen molar-refractivity contribution in [2.75, 3.05) is 26.2 Å². The van der Waals surface area contributed by atoms with Crippen LogP contribution in [0.1, 0.15) is 48.8 Å². The van der Waals surface area contributed by atoms with Crippen molar-refractivity contribution in [3.05, 3.63) is 47.8 Å². The van der Waals surface area contributed by atoms with Crippen LogP contribution in [0, 0.1) is 5.92 Å². The number of hydrogen-bond acceptors (Lipinski definition) is 3. The van der Waals surface area contributed by atoms with Gasteiger partial charge in [0.15, 0.2) is 0 Å². The molecule has 2 amide bonds. The lowest BCUT2D eigenvalue weighted by Gasteiger charge is -2.35. The predicted octanol–water partition coefficient (Wildman–Crippen LogP) is 2.69. The van der Waals surface area contributed by atoms with E-state index in [1.807, 2.05) is 60.0 Å². The number of carbonyl (C=O) groups is 2. The second-order valence-corrected chi connectivity index (χ2v) is 7.75. The van der Waals surface area contributed by atoms with Crippen molar-refractivity contribution < 1.29 is 9.59 Å². The van der Waals surface area contributed by atoms with Gasteiger partial charge >= 0.3 is 0 Å². The number of aromatic nitrogens is 2. The van der Waals surface area contributed by atoms with Crippen molar-refractivity contribution in [2.24, 2.45) is 5.92 Å². The van der Waals surface area contributed by atoms with Crippen LogP contribution in [0.15, 0.2) is 36.4 Å². The van der Waals surface area contributed by atoms with E-state index in [1.54, 1.807) is 4.68 Å². The molecule has 0 atom stereocenters. The number of rotatable bonds is 4. The van der Waals surface area contributed by atoms with Gasteiger partial charge < -0.3 is 9.80 Å². The molecular formula is C21H26N4O2. The summed E-state index contributed by atoms with van der Waals surface area (Å²) in [4.78, 5) is 29.1. The van der Waals surface area contributed by atoms with Crippen LogP contribution in [0.2, 0.25) is 0 Å². The van der Waals surface area contributed by atoms with E-state index in [1.165, 1.54) is 0 Å². The lowest BCUT2D eigenvalue weighted by Crippen LogP contribution is -2.51. The summed E-state index contributed by atoms with van der Waals surface area (Å²) in [5, 5.41) is 4.73. The van der Waals surface area contributed by atoms with Crippen LogP contribution in [-0.2, 0) is 4.79 Å². The Balaban J connectivity index is 1.55. The molecular weight excluding hydrogens is 340 g/mol. The van der Waals surface area contributed by atoms with Crippen LogP contribution in [0.3, 0.4) is 0 Å². The molecule has 1 aromatic carbocycles. The molecule has 2 aromatic rings. The highest BCUT2D eigenvalue weighted by Crippen LogP contribution is 2.39. The van der Waals surface area contributed by atoms with Gasteiger partial charge in [-0.15, -0.1) is 0 Å². The molecule has 0 N–H and O–H groups in total. The largest absolute Gasteiger partial charge is 0.339 e. The van der Waals surface area contributed by atoms with Crippen molar-refractivity contribution in [1.29, 1.82) is 0 Å². The number of piperazine rings is 1. The zero-order valence-electron chi connectivity index (χ0n) is 16.0. The van der Waals surface area contributed by atoms with Crippen LogP contribution < -0.4 is 0 Å². The summed E-state index contributed by atoms with van der Waals surface area (Å²) in [7, 11) is 0. The SMILES string of the molecule is CC(C)C(=O)N1CCN(C(=O)c2cc(C3CC3)nn2-c2ccccc2)CC1. The molecule has 4 rings (SSSR count). The highest BCUT2D eigenvalue weighted by molar-refractivity contribution is 5.93. The first-order valence-electron chi connectivity index (χ1n) is 9.78. The monoisotopic (exact) mass is 366 g/mol. The number of benzene rings is 1. The van der Waals surface area contributed by atoms with Gasteiger partial charge in [-0.2, -0.15) is 5.10 Å². The number of amides is 2. The predicted molar refractivity (Wildman–Crippen MR) is 103 cm³/mol. The number of carbonyl (C=O) groups excluding carboxylic acids is 2. The van der Waals surface area contributed by atoms with Gasteiger partial charge in [0.2, 0.25) is 5.91 Å². The Bertz CT molecular complexity index is 831. The Morgan fingerprint density at radius 3 is 2.22 bits per heavy atom. The van der Waals surface area contributed by atoms with Crippen LogP contribution >= 0.6 is 0 Å². The third-order valence-corrected chi connectivity index (χ3v) is 5.32. The second kappa shape index (κ2) is 7.18. The molecule has 2 aliphatic rings. The fourth-order valence-electron chi connectivity index (χ4n) is 3.55. The van der Waals surface area contributed by atoms with Crippen LogP contribution in [-0.4, -0.2) is 57.6 Å². The molecule has 0 spiro atoms. The van der Waals surface area contributed by atoms with Gasteiger partial charge in [-0.25, -0.2) is 4.68 Å². The first kappa shape index (κ1) is 17.8. The van der Waals surface area contributed by atoms with E-state index in [2.05, 4.69) is 0 Å². The molecule has 6 nitrogen and oxygen atoms in total. The third kappa shape index (κ3) is 3.61. The van der Waals surface area contributed by atoms with Crippen molar-refractivity contribution in [3.63, 3.8) is 0 Å². The van der Waals surface area contributed by atoms with Gasteiger partial charge in [0, 0.05) is 38.0 Å². The normalized spacial score (nSPS) is 17.4. The maximum Gasteiger partial charge on any atom is 0.272 e. The van der Waals surface area contributed by atoms with Gasteiger partial charge in [0.1, 0.15) is 5.69 Å². The Morgan fingerprint density at radius 1 is 1.00 bits per heavy atom. The minimum absolute atomic E-state index is 0.00472. The van der Waals surface area contributed by atoms with E-state index >= 15 is 0 Å². The van der Waals surface area contributed by atoms with Crippen molar-refractivity contribution in [3.8, 4) is 5.69 Å². The fraction of sp³-hybridized carbons (Fsp3) is 0.476. The van der Waals surface area contributed by atoms with Crippen molar-refractivity contribution >= 4 is 11.8 Å². The standard InChI is InChI=1S/C21H26N4O2/c1-15(2)20(26)23-10-12-24(13-11-23)21(27)19-14-18(16-8-9-16)22-25(19)17-6-4-3-5-7-17/h3-7,14-16H,8-13H2,1-2H3. The maximum atomic E-state index is 13.2. The molecule has 1 saturated heterocycles. The molecule has 1 saturated carbocycles. The first-order chi connectivity index (χ1) is 13.0. The Kier molecular flexibility index (Phi) is 4.72. The van der Waals surface area contributed by atoms with Crippen LogP contribution in [0.4, 0.5) is 0 Å². The molecule has 6 heteroatoms. The Hall–Kier alpha value is -2.63. The van der Waals surface area contributed by atoms with Gasteiger partial charge in [-0.3, -0.25) is 9.59 Å². The number of nitrogens with zero attached hydrogens (tertiary/aromatic N) is 4. The lowest BCUT2D eigenvalue weighted by molar-refractivity contribution is -0.135. The highest BCUT2D eigenvalue weighted by Gasteiger charge is 2.32. The van der Waals surface area contributed by atoms with Gasteiger partial charge in [-0.1, -0.05) is 32.0 Å². The summed E-state index contributed by atoms with van der Waals surface area (Å²) in [6.07, 6.45) is 2.30. The molecule has 0 bridgehead atoms. The quantitative estimate of drug-likeness (QED) is 0.836. The topological polar surface area (TPSA) is 58.4 Å². The maximum absolute atomic E-state index is 13.2. The molecule has 2 fully saturated rings. The van der Waals surface area contributed by atoms with E-state index in [-0.39, 0.29) is 17.7 Å². The van der Waals surface area contributed by atoms with Crippen LogP contribution in [0.25, 0.3) is 5.69 Å². The zero-order chi connectivity index (χ0) is 19.0. The average Bonchev–Trinajstić information content (AvgIpc) is 3.46. The first-order valence-corrected chi connectivity index (χ1v) is 9.78. The summed E-state index contributed by atoms with van der Waals surface area (Å²) < 4.78 is 1.78. The minimum Gasteiger partial charge on any atom is -0.339 e. The minimum atomic E-state index is -0.00661. The molecule has 1 aliphatic heterocycles.